The summed E-state index contributed by atoms with van der Waals surface area (Å²) in [5.74, 6) is 0.833. The van der Waals surface area contributed by atoms with Crippen LogP contribution in [0.4, 0.5) is 5.69 Å². The summed E-state index contributed by atoms with van der Waals surface area (Å²) in [5, 5.41) is 0. The maximum absolute atomic E-state index is 5.09. The van der Waals surface area contributed by atoms with Crippen LogP contribution in [0.25, 0.3) is 0 Å². The maximum Gasteiger partial charge on any atom is 0.119 e. The molecule has 18 heavy (non-hydrogen) atoms. The summed E-state index contributed by atoms with van der Waals surface area (Å²) in [6.07, 6.45) is 4.65. The molecule has 0 N–H and O–H groups in total. The second-order valence-electron chi connectivity index (χ2n) is 3.90. The predicted octanol–water partition coefficient (Wildman–Crippen LogP) is 3.40. The molecule has 0 aliphatic heterocycles. The van der Waals surface area contributed by atoms with Crippen LogP contribution in [0.3, 0.4) is 0 Å². The van der Waals surface area contributed by atoms with Crippen molar-refractivity contribution in [2.75, 3.05) is 7.11 Å². The molecule has 2 rings (SSSR count). The van der Waals surface area contributed by atoms with E-state index in [2.05, 4.69) is 23.0 Å². The molecule has 0 atom stereocenters. The zero-order chi connectivity index (χ0) is 12.8. The Morgan fingerprint density at radius 2 is 1.94 bits per heavy atom. The van der Waals surface area contributed by atoms with Gasteiger partial charge in [-0.3, -0.25) is 9.98 Å². The van der Waals surface area contributed by atoms with Crippen LogP contribution < -0.4 is 4.74 Å². The lowest BCUT2D eigenvalue weighted by Crippen LogP contribution is -1.89. The molecule has 2 aromatic rings. The van der Waals surface area contributed by atoms with Crippen molar-refractivity contribution in [1.82, 2.24) is 4.98 Å². The van der Waals surface area contributed by atoms with Gasteiger partial charge in [0.2, 0.25) is 0 Å². The summed E-state index contributed by atoms with van der Waals surface area (Å²) in [5.41, 5.74) is 2.98. The fourth-order valence-corrected chi connectivity index (χ4v) is 1.53. The van der Waals surface area contributed by atoms with Crippen LogP contribution in [0.2, 0.25) is 0 Å². The van der Waals surface area contributed by atoms with E-state index >= 15 is 0 Å². The van der Waals surface area contributed by atoms with Crippen molar-refractivity contribution >= 4 is 11.9 Å². The Bertz CT molecular complexity index is 466. The van der Waals surface area contributed by atoms with Crippen LogP contribution >= 0.6 is 0 Å². The van der Waals surface area contributed by atoms with Gasteiger partial charge in [-0.25, -0.2) is 0 Å². The summed E-state index contributed by atoms with van der Waals surface area (Å²) in [6.45, 7) is 2.11. The number of hydrogen-bond acceptors (Lipinski definition) is 3. The largest absolute Gasteiger partial charge is 0.497 e. The van der Waals surface area contributed by atoms with Crippen molar-refractivity contribution in [2.24, 2.45) is 4.99 Å². The summed E-state index contributed by atoms with van der Waals surface area (Å²) >= 11 is 0. The quantitative estimate of drug-likeness (QED) is 0.767. The number of aliphatic imine (C=N–C) groups is 1. The normalized spacial score (nSPS) is 10.8. The Balaban J connectivity index is 2.08. The lowest BCUT2D eigenvalue weighted by molar-refractivity contribution is 0.415. The monoisotopic (exact) mass is 240 g/mol. The molecule has 0 aliphatic rings. The number of hydrogen-bond donors (Lipinski definition) is 0. The van der Waals surface area contributed by atoms with Crippen molar-refractivity contribution in [1.29, 1.82) is 0 Å². The Kier molecular flexibility index (Phi) is 4.07. The number of methoxy groups -OCH3 is 1. The van der Waals surface area contributed by atoms with Crippen molar-refractivity contribution in [3.05, 3.63) is 53.9 Å². The average Bonchev–Trinajstić information content (AvgIpc) is 2.46. The minimum Gasteiger partial charge on any atom is -0.497 e. The van der Waals surface area contributed by atoms with Crippen molar-refractivity contribution in [2.45, 2.75) is 13.3 Å². The van der Waals surface area contributed by atoms with E-state index in [0.29, 0.717) is 0 Å². The lowest BCUT2D eigenvalue weighted by atomic mass is 10.2. The lowest BCUT2D eigenvalue weighted by Gasteiger charge is -1.99. The molecule has 0 saturated carbocycles. The molecule has 0 bridgehead atoms. The van der Waals surface area contributed by atoms with Gasteiger partial charge >= 0.3 is 0 Å². The molecule has 0 unspecified atom stereocenters. The van der Waals surface area contributed by atoms with Crippen molar-refractivity contribution in [3.63, 3.8) is 0 Å². The molecule has 0 saturated heterocycles. The summed E-state index contributed by atoms with van der Waals surface area (Å²) in [7, 11) is 1.65. The van der Waals surface area contributed by atoms with Crippen molar-refractivity contribution < 1.29 is 4.74 Å². The van der Waals surface area contributed by atoms with Gasteiger partial charge in [-0.05, 0) is 42.3 Å². The highest BCUT2D eigenvalue weighted by Crippen LogP contribution is 2.17. The fourth-order valence-electron chi connectivity index (χ4n) is 1.53. The van der Waals surface area contributed by atoms with Gasteiger partial charge in [-0.1, -0.05) is 13.0 Å². The third-order valence-corrected chi connectivity index (χ3v) is 2.67. The molecule has 92 valence electrons. The maximum atomic E-state index is 5.09. The average molecular weight is 240 g/mol. The minimum absolute atomic E-state index is 0.833. The smallest absolute Gasteiger partial charge is 0.119 e. The molecule has 0 fully saturated rings. The van der Waals surface area contributed by atoms with Gasteiger partial charge in [0, 0.05) is 6.20 Å². The molecule has 3 heteroatoms. The van der Waals surface area contributed by atoms with E-state index < -0.39 is 0 Å². The number of ether oxygens (including phenoxy) is 1. The van der Waals surface area contributed by atoms with Crippen molar-refractivity contribution in [3.8, 4) is 5.75 Å². The van der Waals surface area contributed by atoms with E-state index in [1.165, 1.54) is 5.56 Å². The second kappa shape index (κ2) is 5.96. The van der Waals surface area contributed by atoms with Gasteiger partial charge in [0.1, 0.15) is 5.75 Å². The molecule has 0 spiro atoms. The molecule has 1 heterocycles. The highest BCUT2D eigenvalue weighted by Gasteiger charge is 1.93. The highest BCUT2D eigenvalue weighted by molar-refractivity contribution is 5.79. The van der Waals surface area contributed by atoms with Gasteiger partial charge in [0.15, 0.2) is 0 Å². The van der Waals surface area contributed by atoms with Crippen LogP contribution in [-0.2, 0) is 6.42 Å². The van der Waals surface area contributed by atoms with Crippen LogP contribution in [0.1, 0.15) is 18.2 Å². The summed E-state index contributed by atoms with van der Waals surface area (Å²) in [4.78, 5) is 8.69. The standard InChI is InChI=1S/C15H16N2O/c1-3-12-4-5-14(16-10-12)11-17-13-6-8-15(18-2)9-7-13/h4-11H,3H2,1-2H3. The number of aryl methyl sites for hydroxylation is 1. The molecular weight excluding hydrogens is 224 g/mol. The van der Waals surface area contributed by atoms with E-state index in [1.54, 1.807) is 13.3 Å². The first-order valence-corrected chi connectivity index (χ1v) is 5.95. The number of nitrogens with zero attached hydrogens (tertiary/aromatic N) is 2. The van der Waals surface area contributed by atoms with Gasteiger partial charge in [0.05, 0.1) is 24.7 Å². The Labute approximate surface area is 107 Å². The molecule has 1 aromatic carbocycles. The number of pyridine rings is 1. The first-order chi connectivity index (χ1) is 8.81. The highest BCUT2D eigenvalue weighted by atomic mass is 16.5. The Hall–Kier alpha value is -2.16. The molecular formula is C15H16N2O. The van der Waals surface area contributed by atoms with Crippen LogP contribution in [0, 0.1) is 0 Å². The minimum atomic E-state index is 0.833. The summed E-state index contributed by atoms with van der Waals surface area (Å²) in [6, 6.07) is 11.7. The second-order valence-corrected chi connectivity index (χ2v) is 3.90. The molecule has 0 amide bonds. The molecule has 0 radical (unpaired) electrons. The Morgan fingerprint density at radius 1 is 1.17 bits per heavy atom. The van der Waals surface area contributed by atoms with Crippen LogP contribution in [-0.4, -0.2) is 18.3 Å². The zero-order valence-electron chi connectivity index (χ0n) is 10.6. The summed E-state index contributed by atoms with van der Waals surface area (Å²) < 4.78 is 5.09. The number of benzene rings is 1. The number of rotatable bonds is 4. The third kappa shape index (κ3) is 3.17. The van der Waals surface area contributed by atoms with Gasteiger partial charge in [-0.15, -0.1) is 0 Å². The molecule has 1 aromatic heterocycles. The number of aromatic nitrogens is 1. The fraction of sp³-hybridized carbons (Fsp3) is 0.200. The van der Waals surface area contributed by atoms with Gasteiger partial charge in [-0.2, -0.15) is 0 Å². The van der Waals surface area contributed by atoms with Crippen LogP contribution in [0.5, 0.6) is 5.75 Å². The van der Waals surface area contributed by atoms with E-state index in [-0.39, 0.29) is 0 Å². The molecule has 3 nitrogen and oxygen atoms in total. The van der Waals surface area contributed by atoms with E-state index in [1.807, 2.05) is 36.5 Å². The first kappa shape index (κ1) is 12.3. The van der Waals surface area contributed by atoms with E-state index in [0.717, 1.165) is 23.6 Å². The molecule has 0 aliphatic carbocycles. The van der Waals surface area contributed by atoms with E-state index in [4.69, 9.17) is 4.74 Å². The van der Waals surface area contributed by atoms with Gasteiger partial charge in [0.25, 0.3) is 0 Å². The third-order valence-electron chi connectivity index (χ3n) is 2.67. The predicted molar refractivity (Wildman–Crippen MR) is 73.9 cm³/mol. The zero-order valence-corrected chi connectivity index (χ0v) is 10.6. The Morgan fingerprint density at radius 3 is 2.50 bits per heavy atom. The topological polar surface area (TPSA) is 34.5 Å². The van der Waals surface area contributed by atoms with Gasteiger partial charge < -0.3 is 4.74 Å². The van der Waals surface area contributed by atoms with E-state index in [9.17, 15) is 0 Å². The SMILES string of the molecule is CCc1ccc(C=Nc2ccc(OC)cc2)nc1. The first-order valence-electron chi connectivity index (χ1n) is 5.95. The van der Waals surface area contributed by atoms with Crippen LogP contribution in [0.15, 0.2) is 47.6 Å².